The van der Waals surface area contributed by atoms with Crippen LogP contribution in [-0.4, -0.2) is 14.0 Å². The highest BCUT2D eigenvalue weighted by atomic mass is 127. The Labute approximate surface area is 152 Å². The van der Waals surface area contributed by atoms with Gasteiger partial charge in [0.1, 0.15) is 14.4 Å². The van der Waals surface area contributed by atoms with Gasteiger partial charge in [-0.05, 0) is 25.5 Å². The van der Waals surface area contributed by atoms with Gasteiger partial charge in [-0.1, -0.05) is 58.5 Å². The predicted octanol–water partition coefficient (Wildman–Crippen LogP) is 5.39. The lowest BCUT2D eigenvalue weighted by Gasteiger charge is -2.28. The van der Waals surface area contributed by atoms with Crippen molar-refractivity contribution in [1.82, 2.24) is 0 Å². The Kier molecular flexibility index (Phi) is 5.58. The Morgan fingerprint density at radius 1 is 1.45 bits per heavy atom. The van der Waals surface area contributed by atoms with Gasteiger partial charge in [0.2, 0.25) is 0 Å². The lowest BCUT2D eigenvalue weighted by atomic mass is 9.95. The van der Waals surface area contributed by atoms with Crippen LogP contribution in [-0.2, 0) is 9.53 Å². The quantitative estimate of drug-likeness (QED) is 0.289. The first kappa shape index (κ1) is 17.4. The van der Waals surface area contributed by atoms with Crippen LogP contribution in [0.25, 0.3) is 5.57 Å². The maximum atomic E-state index is 10.7. The van der Waals surface area contributed by atoms with E-state index in [9.17, 15) is 4.79 Å². The van der Waals surface area contributed by atoms with Crippen molar-refractivity contribution in [1.29, 1.82) is 0 Å². The number of allylic oxidation sites excluding steroid dienone is 4. The van der Waals surface area contributed by atoms with Crippen LogP contribution < -0.4 is 0 Å². The zero-order valence-corrected chi connectivity index (χ0v) is 15.3. The largest absolute Gasteiger partial charge is 0.478 e. The fourth-order valence-electron chi connectivity index (χ4n) is 2.14. The molecular formula is C16H13Cl2IO3. The van der Waals surface area contributed by atoms with Crippen molar-refractivity contribution in [3.05, 3.63) is 64.6 Å². The molecule has 22 heavy (non-hydrogen) atoms. The third-order valence-corrected chi connectivity index (χ3v) is 4.65. The molecule has 1 N–H and O–H groups in total. The number of halogens is 3. The van der Waals surface area contributed by atoms with E-state index in [0.717, 1.165) is 17.2 Å². The van der Waals surface area contributed by atoms with E-state index in [1.54, 1.807) is 19.1 Å². The van der Waals surface area contributed by atoms with E-state index in [4.69, 9.17) is 33.0 Å². The highest BCUT2D eigenvalue weighted by Crippen LogP contribution is 2.48. The Morgan fingerprint density at radius 2 is 2.14 bits per heavy atom. The van der Waals surface area contributed by atoms with Crippen molar-refractivity contribution in [2.75, 3.05) is 0 Å². The lowest BCUT2D eigenvalue weighted by Crippen LogP contribution is -2.19. The van der Waals surface area contributed by atoms with Crippen molar-refractivity contribution in [3.63, 3.8) is 0 Å². The summed E-state index contributed by atoms with van der Waals surface area (Å²) in [5.41, 5.74) is 1.51. The summed E-state index contributed by atoms with van der Waals surface area (Å²) in [6, 6.07) is 7.35. The van der Waals surface area contributed by atoms with E-state index in [2.05, 4.69) is 22.6 Å². The number of ether oxygens (including phenoxy) is 1. The van der Waals surface area contributed by atoms with Gasteiger partial charge in [-0.15, -0.1) is 11.6 Å². The van der Waals surface area contributed by atoms with Crippen LogP contribution in [0.15, 0.2) is 54.0 Å². The first-order valence-corrected chi connectivity index (χ1v) is 8.28. The molecule has 1 atom stereocenters. The second-order valence-corrected chi connectivity index (χ2v) is 8.26. The van der Waals surface area contributed by atoms with Gasteiger partial charge in [-0.3, -0.25) is 0 Å². The number of carbonyl (C=O) groups is 1. The van der Waals surface area contributed by atoms with Crippen LogP contribution in [0.1, 0.15) is 18.9 Å². The number of carboxylic acids is 1. The number of carboxylic acid groups (broad SMARTS) is 1. The van der Waals surface area contributed by atoms with E-state index in [1.807, 2.05) is 24.3 Å². The van der Waals surface area contributed by atoms with Crippen LogP contribution in [0.2, 0.25) is 5.02 Å². The molecule has 0 amide bonds. The summed E-state index contributed by atoms with van der Waals surface area (Å²) in [5.74, 6) is -0.301. The molecule has 0 heterocycles. The number of hydrogen-bond donors (Lipinski definition) is 1. The average Bonchev–Trinajstić information content (AvgIpc) is 2.38. The molecule has 6 heteroatoms. The Bertz CT molecular complexity index is 690. The number of alkyl halides is 2. The van der Waals surface area contributed by atoms with Gasteiger partial charge in [0, 0.05) is 16.2 Å². The summed E-state index contributed by atoms with van der Waals surface area (Å²) in [6.07, 6.45) is 5.30. The van der Waals surface area contributed by atoms with Crippen LogP contribution in [0.5, 0.6) is 0 Å². The minimum atomic E-state index is -1.07. The van der Waals surface area contributed by atoms with Gasteiger partial charge < -0.3 is 9.84 Å². The van der Waals surface area contributed by atoms with E-state index in [0.29, 0.717) is 17.2 Å². The van der Waals surface area contributed by atoms with Gasteiger partial charge in [0.15, 0.2) is 0 Å². The minimum absolute atomic E-state index is 0.266. The SMILES string of the molecule is C/C(=C/C(=O)O)OC1=C(c2ccccc2Cl)C(Cl)(I)CC=C1. The highest BCUT2D eigenvalue weighted by Gasteiger charge is 2.35. The Morgan fingerprint density at radius 3 is 2.77 bits per heavy atom. The molecule has 0 saturated heterocycles. The van der Waals surface area contributed by atoms with Gasteiger partial charge >= 0.3 is 5.97 Å². The molecule has 0 aliphatic heterocycles. The fraction of sp³-hybridized carbons (Fsp3) is 0.188. The molecule has 1 aromatic carbocycles. The molecule has 1 aliphatic rings. The average molecular weight is 451 g/mol. The monoisotopic (exact) mass is 450 g/mol. The maximum absolute atomic E-state index is 10.7. The van der Waals surface area contributed by atoms with Crippen molar-refractivity contribution >= 4 is 57.3 Å². The second kappa shape index (κ2) is 7.06. The van der Waals surface area contributed by atoms with Crippen molar-refractivity contribution < 1.29 is 14.6 Å². The number of benzene rings is 1. The topological polar surface area (TPSA) is 46.5 Å². The third-order valence-electron chi connectivity index (χ3n) is 3.00. The lowest BCUT2D eigenvalue weighted by molar-refractivity contribution is -0.131. The summed E-state index contributed by atoms with van der Waals surface area (Å²) in [4.78, 5) is 10.7. The summed E-state index contributed by atoms with van der Waals surface area (Å²) in [7, 11) is 0. The van der Waals surface area contributed by atoms with Crippen molar-refractivity contribution in [2.45, 2.75) is 16.2 Å². The van der Waals surface area contributed by atoms with Crippen molar-refractivity contribution in [2.24, 2.45) is 0 Å². The maximum Gasteiger partial charge on any atom is 0.331 e. The summed E-state index contributed by atoms with van der Waals surface area (Å²) < 4.78 is 4.97. The van der Waals surface area contributed by atoms with Crippen molar-refractivity contribution in [3.8, 4) is 0 Å². The standard InChI is InChI=1S/C16H13Cl2IO3/c1-10(9-14(20)21)22-13-7-4-8-16(18,19)15(13)11-5-2-3-6-12(11)17/h2-7,9H,8H2,1H3,(H,20,21)/b10-9-. The molecule has 0 bridgehead atoms. The normalized spacial score (nSPS) is 21.9. The molecular weight excluding hydrogens is 438 g/mol. The molecule has 1 unspecified atom stereocenters. The molecule has 116 valence electrons. The molecule has 0 saturated carbocycles. The number of hydrogen-bond acceptors (Lipinski definition) is 2. The summed E-state index contributed by atoms with van der Waals surface area (Å²) in [6.45, 7) is 1.58. The Hall–Kier alpha value is -0.980. The predicted molar refractivity (Wildman–Crippen MR) is 97.2 cm³/mol. The van der Waals surface area contributed by atoms with Crippen LogP contribution >= 0.6 is 45.8 Å². The fourth-order valence-corrected chi connectivity index (χ4v) is 3.46. The zero-order valence-electron chi connectivity index (χ0n) is 11.6. The van der Waals surface area contributed by atoms with Gasteiger partial charge in [-0.25, -0.2) is 4.79 Å². The third kappa shape index (κ3) is 4.06. The van der Waals surface area contributed by atoms with E-state index in [-0.39, 0.29) is 5.76 Å². The number of aliphatic carboxylic acids is 1. The summed E-state index contributed by atoms with van der Waals surface area (Å²) >= 11 is 15.1. The van der Waals surface area contributed by atoms with E-state index >= 15 is 0 Å². The van der Waals surface area contributed by atoms with Gasteiger partial charge in [-0.2, -0.15) is 0 Å². The molecule has 0 fully saturated rings. The smallest absolute Gasteiger partial charge is 0.331 e. The molecule has 0 spiro atoms. The van der Waals surface area contributed by atoms with Gasteiger partial charge in [0.25, 0.3) is 0 Å². The van der Waals surface area contributed by atoms with Crippen LogP contribution in [0, 0.1) is 0 Å². The second-order valence-electron chi connectivity index (χ2n) is 4.73. The summed E-state index contributed by atoms with van der Waals surface area (Å²) in [5, 5.41) is 9.37. The first-order chi connectivity index (χ1) is 10.3. The molecule has 2 rings (SSSR count). The Balaban J connectivity index is 2.55. The van der Waals surface area contributed by atoms with Crippen LogP contribution in [0.4, 0.5) is 0 Å². The molecule has 0 aromatic heterocycles. The molecule has 0 radical (unpaired) electrons. The molecule has 3 nitrogen and oxygen atoms in total. The highest BCUT2D eigenvalue weighted by molar-refractivity contribution is 14.1. The minimum Gasteiger partial charge on any atom is -0.478 e. The molecule has 1 aliphatic carbocycles. The zero-order chi connectivity index (χ0) is 16.3. The van der Waals surface area contributed by atoms with E-state index < -0.39 is 8.85 Å². The van der Waals surface area contributed by atoms with E-state index in [1.165, 1.54) is 0 Å². The molecule has 1 aromatic rings. The van der Waals surface area contributed by atoms with Gasteiger partial charge in [0.05, 0.1) is 6.08 Å². The van der Waals surface area contributed by atoms with Crippen LogP contribution in [0.3, 0.4) is 0 Å². The first-order valence-electron chi connectivity index (χ1n) is 6.44. The number of rotatable bonds is 4.